The van der Waals surface area contributed by atoms with E-state index in [1.54, 1.807) is 0 Å². The van der Waals surface area contributed by atoms with Gasteiger partial charge < -0.3 is 9.80 Å². The van der Waals surface area contributed by atoms with E-state index in [0.717, 1.165) is 11.2 Å². The first kappa shape index (κ1) is 35.6. The number of hydrogen-bond donors (Lipinski definition) is 0. The Kier molecular flexibility index (Phi) is 13.8. The molecule has 0 bridgehead atoms. The van der Waals surface area contributed by atoms with E-state index in [4.69, 9.17) is 19.4 Å². The molecule has 0 amide bonds. The Morgan fingerprint density at radius 1 is 0.659 bits per heavy atom. The van der Waals surface area contributed by atoms with Crippen LogP contribution < -0.4 is 9.80 Å². The van der Waals surface area contributed by atoms with Crippen molar-refractivity contribution in [2.24, 2.45) is 0 Å². The van der Waals surface area contributed by atoms with E-state index in [2.05, 4.69) is 91.5 Å². The maximum absolute atomic E-state index is 5.67. The van der Waals surface area contributed by atoms with Gasteiger partial charge in [0.2, 0.25) is 0 Å². The van der Waals surface area contributed by atoms with Crippen LogP contribution in [-0.4, -0.2) is 22.4 Å². The Morgan fingerprint density at radius 3 is 1.43 bits per heavy atom. The summed E-state index contributed by atoms with van der Waals surface area (Å²) in [5, 5.41) is 0. The van der Waals surface area contributed by atoms with E-state index in [1.165, 1.54) is 103 Å². The van der Waals surface area contributed by atoms with Crippen LogP contribution >= 0.6 is 28.6 Å². The molecule has 1 heterocycles. The predicted molar refractivity (Wildman–Crippen MR) is 197 cm³/mol. The van der Waals surface area contributed by atoms with Crippen LogP contribution in [0.1, 0.15) is 96.7 Å². The zero-order valence-electron chi connectivity index (χ0n) is 27.5. The molecule has 1 aliphatic heterocycles. The SMILES string of the molecule is Cc1cc(C)c(N2[CH-]N(c3c(C)cc(C)cc3C)C3CCCCC32)c(C)c1.PC1CCCCC1.[Cl][Ru]([Cl])=[CH]c1ccccc1. The molecule has 3 aromatic rings. The van der Waals surface area contributed by atoms with Crippen LogP contribution in [0.5, 0.6) is 0 Å². The number of aryl methyl sites for hydroxylation is 6. The molecule has 3 aliphatic rings. The van der Waals surface area contributed by atoms with Gasteiger partial charge in [-0.15, -0.1) is 9.24 Å². The molecule has 44 heavy (non-hydrogen) atoms. The summed E-state index contributed by atoms with van der Waals surface area (Å²) < 4.78 is 1.92. The molecule has 242 valence electrons. The molecule has 3 unspecified atom stereocenters. The van der Waals surface area contributed by atoms with E-state index in [1.807, 2.05) is 34.9 Å². The molecule has 3 atom stereocenters. The van der Waals surface area contributed by atoms with Crippen molar-refractivity contribution in [1.29, 1.82) is 0 Å². The normalized spacial score (nSPS) is 20.2. The minimum atomic E-state index is -1.61. The molecule has 2 nitrogen and oxygen atoms in total. The van der Waals surface area contributed by atoms with E-state index in [9.17, 15) is 0 Å². The quantitative estimate of drug-likeness (QED) is 0.150. The Labute approximate surface area is 283 Å². The number of anilines is 2. The number of fused-ring (bicyclic) bond motifs is 1. The Hall–Kier alpha value is -1.24. The average molecular weight is 740 g/mol. The first-order valence-corrected chi connectivity index (χ1v) is 22.4. The molecule has 0 radical (unpaired) electrons. The van der Waals surface area contributed by atoms with Crippen LogP contribution in [0, 0.1) is 48.2 Å². The molecule has 2 aliphatic carbocycles. The van der Waals surface area contributed by atoms with Gasteiger partial charge >= 0.3 is 73.4 Å². The summed E-state index contributed by atoms with van der Waals surface area (Å²) in [4.78, 5) is 5.21. The second kappa shape index (κ2) is 17.1. The van der Waals surface area contributed by atoms with E-state index in [0.29, 0.717) is 12.1 Å². The van der Waals surface area contributed by atoms with Crippen LogP contribution in [0.2, 0.25) is 0 Å². The predicted octanol–water partition coefficient (Wildman–Crippen LogP) is 11.3. The van der Waals surface area contributed by atoms with Crippen molar-refractivity contribution in [2.45, 2.75) is 117 Å². The van der Waals surface area contributed by atoms with Crippen molar-refractivity contribution >= 4 is 44.6 Å². The summed E-state index contributed by atoms with van der Waals surface area (Å²) >= 11 is -1.61. The number of nitrogens with zero attached hydrogens (tertiary/aromatic N) is 2. The Bertz CT molecular complexity index is 1280. The van der Waals surface area contributed by atoms with Crippen LogP contribution in [0.25, 0.3) is 0 Å². The Balaban J connectivity index is 0.000000211. The van der Waals surface area contributed by atoms with Crippen molar-refractivity contribution in [3.8, 4) is 0 Å². The standard InChI is InChI=1S/C25H33N2.C7H6.C6H13P.2ClH.Ru/c1-16-11-18(3)24(19(4)12-16)26-15-27(23-10-8-7-9-22(23)26)25-20(5)13-17(2)14-21(25)6;1-7-5-3-2-4-6-7;7-6-4-2-1-3-5-6;;;/h11-15,22-23H,7-10H2,1-6H3;1-6H;6H,1-5,7H2;2*1H;/q-1;;;;;+2/p-2. The molecule has 0 spiro atoms. The molecule has 0 aromatic heterocycles. The number of halogens is 2. The zero-order valence-corrected chi connectivity index (χ0v) is 31.9. The van der Waals surface area contributed by atoms with Gasteiger partial charge in [0.25, 0.3) is 0 Å². The van der Waals surface area contributed by atoms with Gasteiger partial charge in [0, 0.05) is 23.5 Å². The van der Waals surface area contributed by atoms with E-state index in [-0.39, 0.29) is 0 Å². The van der Waals surface area contributed by atoms with Crippen molar-refractivity contribution in [2.75, 3.05) is 9.80 Å². The molecule has 1 saturated heterocycles. The van der Waals surface area contributed by atoms with Crippen LogP contribution in [0.3, 0.4) is 0 Å². The van der Waals surface area contributed by atoms with E-state index < -0.39 is 13.5 Å². The third-order valence-corrected chi connectivity index (χ3v) is 11.6. The summed E-state index contributed by atoms with van der Waals surface area (Å²) in [5.41, 5.74) is 13.2. The van der Waals surface area contributed by atoms with Gasteiger partial charge in [0.05, 0.1) is 0 Å². The molecule has 3 fully saturated rings. The molecule has 6 heteroatoms. The van der Waals surface area contributed by atoms with Crippen LogP contribution in [0.4, 0.5) is 11.4 Å². The molecule has 0 N–H and O–H groups in total. The van der Waals surface area contributed by atoms with Crippen molar-refractivity contribution in [3.05, 3.63) is 100 Å². The van der Waals surface area contributed by atoms with Crippen molar-refractivity contribution < 1.29 is 13.5 Å². The fraction of sp³-hybridized carbons (Fsp3) is 0.474. The summed E-state index contributed by atoms with van der Waals surface area (Å²) in [6.07, 6.45) is 12.6. The first-order valence-electron chi connectivity index (χ1n) is 16.3. The van der Waals surface area contributed by atoms with Crippen molar-refractivity contribution in [3.63, 3.8) is 0 Å². The van der Waals surface area contributed by atoms with Gasteiger partial charge in [-0.2, -0.15) is 6.67 Å². The van der Waals surface area contributed by atoms with Gasteiger partial charge in [-0.25, -0.2) is 0 Å². The summed E-state index contributed by atoms with van der Waals surface area (Å²) in [7, 11) is 14.2. The van der Waals surface area contributed by atoms with Gasteiger partial charge in [0.15, 0.2) is 0 Å². The average Bonchev–Trinajstić information content (AvgIpc) is 3.32. The Morgan fingerprint density at radius 2 is 1.07 bits per heavy atom. The first-order chi connectivity index (χ1) is 21.0. The molecule has 2 saturated carbocycles. The third kappa shape index (κ3) is 9.64. The number of benzene rings is 3. The fourth-order valence-corrected chi connectivity index (χ4v) is 9.69. The second-order valence-electron chi connectivity index (χ2n) is 13.0. The summed E-state index contributed by atoms with van der Waals surface area (Å²) in [5.74, 6) is 0. The molecular formula is C38H52Cl2N2PRu-. The second-order valence-corrected chi connectivity index (χ2v) is 19.6. The number of hydrogen-bond acceptors (Lipinski definition) is 2. The van der Waals surface area contributed by atoms with E-state index >= 15 is 0 Å². The summed E-state index contributed by atoms with van der Waals surface area (Å²) in [6, 6.07) is 20.4. The third-order valence-electron chi connectivity index (χ3n) is 9.09. The zero-order chi connectivity index (χ0) is 31.8. The number of rotatable bonds is 3. The molecule has 3 aromatic carbocycles. The topological polar surface area (TPSA) is 6.48 Å². The van der Waals surface area contributed by atoms with Gasteiger partial charge in [-0.1, -0.05) is 67.5 Å². The minimum absolute atomic E-state index is 0.582. The maximum atomic E-state index is 5.67. The van der Waals surface area contributed by atoms with Crippen LogP contribution in [0.15, 0.2) is 54.6 Å². The fourth-order valence-electron chi connectivity index (χ4n) is 7.40. The van der Waals surface area contributed by atoms with Gasteiger partial charge in [0.1, 0.15) is 0 Å². The molecule has 6 rings (SSSR count). The monoisotopic (exact) mass is 739 g/mol. The van der Waals surface area contributed by atoms with Gasteiger partial charge in [-0.05, 0) is 95.1 Å². The summed E-state index contributed by atoms with van der Waals surface area (Å²) in [6.45, 7) is 15.9. The van der Waals surface area contributed by atoms with Crippen molar-refractivity contribution in [1.82, 2.24) is 0 Å². The van der Waals surface area contributed by atoms with Crippen LogP contribution in [-0.2, 0) is 13.5 Å². The molecular weight excluding hydrogens is 687 g/mol. The van der Waals surface area contributed by atoms with Gasteiger partial charge in [-0.3, -0.25) is 0 Å².